The highest BCUT2D eigenvalue weighted by Crippen LogP contribution is 2.31. The summed E-state index contributed by atoms with van der Waals surface area (Å²) in [6.45, 7) is 3.80. The second-order valence-corrected chi connectivity index (χ2v) is 4.57. The summed E-state index contributed by atoms with van der Waals surface area (Å²) in [5, 5.41) is 10.8. The van der Waals surface area contributed by atoms with Crippen molar-refractivity contribution in [3.05, 3.63) is 35.0 Å². The average Bonchev–Trinajstić information content (AvgIpc) is 2.61. The van der Waals surface area contributed by atoms with Crippen LogP contribution in [0.15, 0.2) is 24.4 Å². The van der Waals surface area contributed by atoms with Crippen molar-refractivity contribution < 1.29 is 0 Å². The number of H-pyrrole nitrogens is 1. The van der Waals surface area contributed by atoms with Crippen LogP contribution in [0.4, 0.5) is 0 Å². The van der Waals surface area contributed by atoms with E-state index in [1.807, 2.05) is 38.2 Å². The Bertz CT molecular complexity index is 546. The van der Waals surface area contributed by atoms with Crippen molar-refractivity contribution in [3.8, 4) is 6.07 Å². The molecule has 0 aliphatic heterocycles. The number of rotatable bonds is 1. The Labute approximate surface area is 93.5 Å². The van der Waals surface area contributed by atoms with Crippen molar-refractivity contribution in [1.82, 2.24) is 4.98 Å². The minimum absolute atomic E-state index is 0.497. The third kappa shape index (κ3) is 1.60. The largest absolute Gasteiger partial charge is 0.361 e. The third-order valence-corrected chi connectivity index (χ3v) is 2.83. The molecule has 1 N–H and O–H groups in total. The van der Waals surface area contributed by atoms with E-state index < -0.39 is 5.41 Å². The van der Waals surface area contributed by atoms with Crippen molar-refractivity contribution >= 4 is 22.5 Å². The van der Waals surface area contributed by atoms with Crippen LogP contribution in [0.1, 0.15) is 19.4 Å². The number of benzene rings is 1. The number of fused-ring (bicyclic) bond motifs is 1. The first-order valence-electron chi connectivity index (χ1n) is 4.73. The highest BCUT2D eigenvalue weighted by Gasteiger charge is 2.23. The van der Waals surface area contributed by atoms with Gasteiger partial charge in [-0.3, -0.25) is 0 Å². The normalized spacial score (nSPS) is 11.6. The number of halogens is 1. The Morgan fingerprint density at radius 3 is 2.80 bits per heavy atom. The van der Waals surface area contributed by atoms with Gasteiger partial charge in [0.15, 0.2) is 0 Å². The fourth-order valence-electron chi connectivity index (χ4n) is 1.67. The van der Waals surface area contributed by atoms with Gasteiger partial charge in [-0.05, 0) is 37.6 Å². The molecule has 2 nitrogen and oxygen atoms in total. The molecule has 76 valence electrons. The number of aromatic amines is 1. The Morgan fingerprint density at radius 1 is 1.40 bits per heavy atom. The standard InChI is InChI=1S/C12H11ClN2/c1-12(2,7-14)10-6-15-11-4-3-8(13)5-9(10)11/h3-6,15H,1-2H3. The summed E-state index contributed by atoms with van der Waals surface area (Å²) in [6, 6.07) is 7.94. The molecule has 0 spiro atoms. The topological polar surface area (TPSA) is 39.6 Å². The van der Waals surface area contributed by atoms with Gasteiger partial charge in [0.2, 0.25) is 0 Å². The zero-order valence-corrected chi connectivity index (χ0v) is 9.39. The highest BCUT2D eigenvalue weighted by atomic mass is 35.5. The maximum atomic E-state index is 9.10. The number of aromatic nitrogens is 1. The van der Waals surface area contributed by atoms with Crippen LogP contribution in [0.2, 0.25) is 5.02 Å². The molecule has 0 amide bonds. The number of nitrogens with one attached hydrogen (secondary N) is 1. The van der Waals surface area contributed by atoms with Gasteiger partial charge in [-0.1, -0.05) is 11.6 Å². The Kier molecular flexibility index (Phi) is 2.21. The minimum Gasteiger partial charge on any atom is -0.361 e. The molecule has 0 bridgehead atoms. The summed E-state index contributed by atoms with van der Waals surface area (Å²) in [4.78, 5) is 3.15. The molecule has 3 heteroatoms. The van der Waals surface area contributed by atoms with Gasteiger partial charge in [0.25, 0.3) is 0 Å². The molecule has 0 saturated carbocycles. The first-order chi connectivity index (χ1) is 7.04. The molecule has 0 aliphatic carbocycles. The predicted molar refractivity (Wildman–Crippen MR) is 61.9 cm³/mol. The average molecular weight is 219 g/mol. The lowest BCUT2D eigenvalue weighted by Crippen LogP contribution is -2.12. The van der Waals surface area contributed by atoms with Gasteiger partial charge in [-0.15, -0.1) is 0 Å². The molecule has 0 saturated heterocycles. The van der Waals surface area contributed by atoms with Gasteiger partial charge < -0.3 is 4.98 Å². The van der Waals surface area contributed by atoms with E-state index in [1.54, 1.807) is 0 Å². The molecule has 0 radical (unpaired) electrons. The van der Waals surface area contributed by atoms with Crippen LogP contribution < -0.4 is 0 Å². The Balaban J connectivity index is 2.74. The van der Waals surface area contributed by atoms with E-state index >= 15 is 0 Å². The van der Waals surface area contributed by atoms with Crippen molar-refractivity contribution in [2.45, 2.75) is 19.3 Å². The predicted octanol–water partition coefficient (Wildman–Crippen LogP) is 3.62. The van der Waals surface area contributed by atoms with Crippen molar-refractivity contribution in [1.29, 1.82) is 5.26 Å². The summed E-state index contributed by atoms with van der Waals surface area (Å²) < 4.78 is 0. The van der Waals surface area contributed by atoms with Crippen molar-refractivity contribution in [2.75, 3.05) is 0 Å². The van der Waals surface area contributed by atoms with Crippen LogP contribution >= 0.6 is 11.6 Å². The molecule has 1 heterocycles. The number of nitrogens with zero attached hydrogens (tertiary/aromatic N) is 1. The molecule has 0 unspecified atom stereocenters. The van der Waals surface area contributed by atoms with Crippen molar-refractivity contribution in [3.63, 3.8) is 0 Å². The van der Waals surface area contributed by atoms with Gasteiger partial charge in [0, 0.05) is 22.1 Å². The lowest BCUT2D eigenvalue weighted by atomic mass is 9.86. The zero-order chi connectivity index (χ0) is 11.1. The quantitative estimate of drug-likeness (QED) is 0.780. The van der Waals surface area contributed by atoms with Crippen LogP contribution in [0, 0.1) is 11.3 Å². The SMILES string of the molecule is CC(C)(C#N)c1c[nH]c2ccc(Cl)cc12. The number of nitriles is 1. The second-order valence-electron chi connectivity index (χ2n) is 4.13. The van der Waals surface area contributed by atoms with Gasteiger partial charge in [-0.2, -0.15) is 5.26 Å². The van der Waals surface area contributed by atoms with Crippen molar-refractivity contribution in [2.24, 2.45) is 0 Å². The first-order valence-corrected chi connectivity index (χ1v) is 5.11. The van der Waals surface area contributed by atoms with E-state index in [9.17, 15) is 0 Å². The fraction of sp³-hybridized carbons (Fsp3) is 0.250. The van der Waals surface area contributed by atoms with E-state index in [-0.39, 0.29) is 0 Å². The summed E-state index contributed by atoms with van der Waals surface area (Å²) in [7, 11) is 0. The molecule has 0 aliphatic rings. The van der Waals surface area contributed by atoms with Crippen LogP contribution in [-0.4, -0.2) is 4.98 Å². The Morgan fingerprint density at radius 2 is 2.13 bits per heavy atom. The molecular weight excluding hydrogens is 208 g/mol. The molecule has 0 fully saturated rings. The number of hydrogen-bond acceptors (Lipinski definition) is 1. The van der Waals surface area contributed by atoms with E-state index in [0.717, 1.165) is 16.5 Å². The molecule has 15 heavy (non-hydrogen) atoms. The van der Waals surface area contributed by atoms with E-state index in [4.69, 9.17) is 16.9 Å². The maximum absolute atomic E-state index is 9.10. The van der Waals surface area contributed by atoms with Crippen LogP contribution in [0.25, 0.3) is 10.9 Å². The maximum Gasteiger partial charge on any atom is 0.0786 e. The minimum atomic E-state index is -0.497. The van der Waals surface area contributed by atoms with Crippen LogP contribution in [0.5, 0.6) is 0 Å². The van der Waals surface area contributed by atoms with Gasteiger partial charge in [0.1, 0.15) is 0 Å². The van der Waals surface area contributed by atoms with Gasteiger partial charge in [-0.25, -0.2) is 0 Å². The van der Waals surface area contributed by atoms with E-state index in [0.29, 0.717) is 5.02 Å². The van der Waals surface area contributed by atoms with Gasteiger partial charge >= 0.3 is 0 Å². The summed E-state index contributed by atoms with van der Waals surface area (Å²) in [6.07, 6.45) is 1.88. The molecular formula is C12H11ClN2. The van der Waals surface area contributed by atoms with E-state index in [2.05, 4.69) is 11.1 Å². The molecule has 2 aromatic rings. The van der Waals surface area contributed by atoms with Gasteiger partial charge in [0.05, 0.1) is 11.5 Å². The molecule has 2 rings (SSSR count). The zero-order valence-electron chi connectivity index (χ0n) is 8.63. The lowest BCUT2D eigenvalue weighted by molar-refractivity contribution is 0.693. The lowest BCUT2D eigenvalue weighted by Gasteiger charge is -2.13. The number of hydrogen-bond donors (Lipinski definition) is 1. The Hall–Kier alpha value is -1.46. The summed E-state index contributed by atoms with van der Waals surface area (Å²) in [5.41, 5.74) is 1.50. The second kappa shape index (κ2) is 3.29. The summed E-state index contributed by atoms with van der Waals surface area (Å²) in [5.74, 6) is 0. The monoisotopic (exact) mass is 218 g/mol. The summed E-state index contributed by atoms with van der Waals surface area (Å²) >= 11 is 5.94. The smallest absolute Gasteiger partial charge is 0.0786 e. The van der Waals surface area contributed by atoms with E-state index in [1.165, 1.54) is 0 Å². The van der Waals surface area contributed by atoms with Crippen LogP contribution in [-0.2, 0) is 5.41 Å². The molecule has 1 aromatic carbocycles. The first kappa shape index (κ1) is 10.1. The highest BCUT2D eigenvalue weighted by molar-refractivity contribution is 6.31. The van der Waals surface area contributed by atoms with Crippen LogP contribution in [0.3, 0.4) is 0 Å². The fourth-order valence-corrected chi connectivity index (χ4v) is 1.84. The molecule has 1 aromatic heterocycles. The third-order valence-electron chi connectivity index (χ3n) is 2.60. The molecule has 0 atom stereocenters.